The first-order chi connectivity index (χ1) is 17.4. The minimum Gasteiger partial charge on any atom is -0.483 e. The summed E-state index contributed by atoms with van der Waals surface area (Å²) < 4.78 is 40.3. The van der Waals surface area contributed by atoms with E-state index in [1.54, 1.807) is 54.5 Å². The predicted octanol–water partition coefficient (Wildman–Crippen LogP) is 3.36. The number of benzene rings is 2. The van der Waals surface area contributed by atoms with Gasteiger partial charge in [-0.1, -0.05) is 23.0 Å². The Balaban J connectivity index is 1.53. The monoisotopic (exact) mass is 515 g/mol. The van der Waals surface area contributed by atoms with Crippen LogP contribution in [0.1, 0.15) is 18.0 Å². The van der Waals surface area contributed by atoms with E-state index in [-0.39, 0.29) is 18.3 Å². The lowest BCUT2D eigenvalue weighted by atomic mass is 10.0. The molecule has 36 heavy (non-hydrogen) atoms. The molecule has 2 atom stereocenters. The molecule has 1 amide bonds. The smallest absolute Gasteiger partial charge is 0.260 e. The zero-order chi connectivity index (χ0) is 25.7. The van der Waals surface area contributed by atoms with Gasteiger partial charge < -0.3 is 27.5 Å². The zero-order valence-corrected chi connectivity index (χ0v) is 20.9. The van der Waals surface area contributed by atoms with Crippen LogP contribution in [0.3, 0.4) is 0 Å². The van der Waals surface area contributed by atoms with Gasteiger partial charge in [-0.2, -0.15) is 0 Å². The Hall–Kier alpha value is -3.12. The maximum absolute atomic E-state index is 14.0. The average Bonchev–Trinajstić information content (AvgIpc) is 3.30. The average molecular weight is 516 g/mol. The standard InChI is InChI=1S/C25H28FN4O5S/c1-29(22(15-30-12-10-19(31)14-30)17-5-3-6-18(26)13-17)24(32)16-35-23-9-8-21(28-36(33)34-2)25-20(23)7-4-11-27-25/h3-9,11,13,19,22,31H,10,12,14-16H2,1-2H3/q-1/t19-,22?/m0/s1. The van der Waals surface area contributed by atoms with Crippen molar-refractivity contribution in [3.63, 3.8) is 0 Å². The molecule has 1 aliphatic heterocycles. The molecule has 9 nitrogen and oxygen atoms in total. The number of fused-ring (bicyclic) bond motifs is 1. The highest BCUT2D eigenvalue weighted by Gasteiger charge is 2.28. The Labute approximate surface area is 210 Å². The lowest BCUT2D eigenvalue weighted by Crippen LogP contribution is -2.41. The SMILES string of the molecule is CO[S-](=O)=Nc1ccc(OCC(=O)N(C)C(CN2CC[C@H](O)C2)c2cccc(F)c2)c2cccnc12. The van der Waals surface area contributed by atoms with Gasteiger partial charge in [-0.25, -0.2) is 4.39 Å². The Kier molecular flexibility index (Phi) is 8.47. The molecule has 11 heteroatoms. The normalized spacial score (nSPS) is 17.8. The predicted molar refractivity (Wildman–Crippen MR) is 133 cm³/mol. The molecular formula is C25H28FN4O5S-. The zero-order valence-electron chi connectivity index (χ0n) is 20.0. The van der Waals surface area contributed by atoms with Crippen molar-refractivity contribution >= 4 is 33.4 Å². The molecule has 4 rings (SSSR count). The van der Waals surface area contributed by atoms with E-state index in [1.165, 1.54) is 19.2 Å². The van der Waals surface area contributed by atoms with Gasteiger partial charge in [0, 0.05) is 45.4 Å². The number of hydrogen-bond donors (Lipinski definition) is 1. The van der Waals surface area contributed by atoms with Gasteiger partial charge in [-0.15, -0.1) is 0 Å². The number of ether oxygens (including phenoxy) is 1. The second kappa shape index (κ2) is 11.7. The van der Waals surface area contributed by atoms with Gasteiger partial charge in [0.25, 0.3) is 5.91 Å². The fourth-order valence-corrected chi connectivity index (χ4v) is 4.63. The number of rotatable bonds is 9. The minimum atomic E-state index is -1.85. The van der Waals surface area contributed by atoms with Crippen LogP contribution >= 0.6 is 0 Å². The van der Waals surface area contributed by atoms with Crippen molar-refractivity contribution in [3.8, 4) is 5.75 Å². The van der Waals surface area contributed by atoms with Crippen LogP contribution in [0.15, 0.2) is 59.1 Å². The van der Waals surface area contributed by atoms with E-state index in [1.807, 2.05) is 0 Å². The number of carbonyl (C=O) groups excluding carboxylic acids is 1. The molecule has 0 saturated carbocycles. The number of aromatic nitrogens is 1. The van der Waals surface area contributed by atoms with E-state index in [0.29, 0.717) is 54.0 Å². The maximum Gasteiger partial charge on any atom is 0.260 e. The molecule has 2 aromatic carbocycles. The first-order valence-corrected chi connectivity index (χ1v) is 12.5. The van der Waals surface area contributed by atoms with E-state index in [0.717, 1.165) is 0 Å². The maximum atomic E-state index is 14.0. The number of β-amino-alcohol motifs (C(OH)–C–C–N with tert-alkyl or cyclic N) is 1. The Morgan fingerprint density at radius 1 is 1.33 bits per heavy atom. The summed E-state index contributed by atoms with van der Waals surface area (Å²) >= 11 is 0. The number of likely N-dealkylation sites (N-methyl/N-ethyl adjacent to an activating group) is 1. The summed E-state index contributed by atoms with van der Waals surface area (Å²) in [6.45, 7) is 1.42. The Morgan fingerprint density at radius 3 is 2.89 bits per heavy atom. The molecule has 192 valence electrons. The highest BCUT2D eigenvalue weighted by atomic mass is 32.2. The second-order valence-corrected chi connectivity index (χ2v) is 9.47. The first-order valence-electron chi connectivity index (χ1n) is 11.5. The summed E-state index contributed by atoms with van der Waals surface area (Å²) in [6, 6.07) is 12.5. The molecule has 0 radical (unpaired) electrons. The van der Waals surface area contributed by atoms with Gasteiger partial charge in [0.15, 0.2) is 6.61 Å². The molecule has 0 bridgehead atoms. The fraction of sp³-hybridized carbons (Fsp3) is 0.360. The van der Waals surface area contributed by atoms with Crippen molar-refractivity contribution in [1.29, 1.82) is 0 Å². The topological polar surface area (TPSA) is 105 Å². The highest BCUT2D eigenvalue weighted by Crippen LogP contribution is 2.32. The van der Waals surface area contributed by atoms with Gasteiger partial charge in [0.2, 0.25) is 0 Å². The van der Waals surface area contributed by atoms with Crippen molar-refractivity contribution in [2.24, 2.45) is 4.36 Å². The van der Waals surface area contributed by atoms with Gasteiger partial charge in [-0.3, -0.25) is 14.7 Å². The fourth-order valence-electron chi connectivity index (χ4n) is 4.25. The van der Waals surface area contributed by atoms with Crippen LogP contribution in [0.2, 0.25) is 0 Å². The summed E-state index contributed by atoms with van der Waals surface area (Å²) in [5.41, 5.74) is 1.51. The van der Waals surface area contributed by atoms with E-state index >= 15 is 0 Å². The van der Waals surface area contributed by atoms with Gasteiger partial charge in [-0.05, 0) is 48.4 Å². The van der Waals surface area contributed by atoms with Crippen molar-refractivity contribution in [2.75, 3.05) is 40.4 Å². The number of carbonyl (C=O) groups is 1. The van der Waals surface area contributed by atoms with E-state index < -0.39 is 23.0 Å². The van der Waals surface area contributed by atoms with E-state index in [4.69, 9.17) is 8.92 Å². The third-order valence-electron chi connectivity index (χ3n) is 6.15. The minimum absolute atomic E-state index is 0.255. The quantitative estimate of drug-likeness (QED) is 0.436. The van der Waals surface area contributed by atoms with Crippen molar-refractivity contribution in [2.45, 2.75) is 18.6 Å². The molecule has 0 spiro atoms. The number of pyridine rings is 1. The summed E-state index contributed by atoms with van der Waals surface area (Å²) in [5, 5.41) is 10.5. The summed E-state index contributed by atoms with van der Waals surface area (Å²) in [6.07, 6.45) is 1.84. The van der Waals surface area contributed by atoms with Crippen LogP contribution in [0.25, 0.3) is 10.9 Å². The summed E-state index contributed by atoms with van der Waals surface area (Å²) in [5.74, 6) is -0.253. The highest BCUT2D eigenvalue weighted by molar-refractivity contribution is 7.69. The van der Waals surface area contributed by atoms with E-state index in [9.17, 15) is 18.5 Å². The van der Waals surface area contributed by atoms with Crippen LogP contribution in [-0.2, 0) is 24.1 Å². The van der Waals surface area contributed by atoms with Crippen LogP contribution in [0.4, 0.5) is 10.1 Å². The largest absolute Gasteiger partial charge is 0.483 e. The number of amides is 1. The Bertz CT molecular complexity index is 1320. The third kappa shape index (κ3) is 6.16. The number of hydrogen-bond acceptors (Lipinski definition) is 9. The first kappa shape index (κ1) is 26.0. The molecule has 1 N–H and O–H groups in total. The summed E-state index contributed by atoms with van der Waals surface area (Å²) in [7, 11) is 1.10. The van der Waals surface area contributed by atoms with Crippen LogP contribution in [0.5, 0.6) is 5.75 Å². The van der Waals surface area contributed by atoms with Crippen molar-refractivity contribution in [1.82, 2.24) is 14.8 Å². The van der Waals surface area contributed by atoms with Crippen molar-refractivity contribution < 1.29 is 27.4 Å². The lowest BCUT2D eigenvalue weighted by molar-refractivity contribution is -0.134. The number of aliphatic hydroxyl groups is 1. The molecule has 1 aliphatic rings. The number of likely N-dealkylation sites (tertiary alicyclic amines) is 1. The van der Waals surface area contributed by atoms with Gasteiger partial charge in [0.05, 0.1) is 23.3 Å². The number of halogens is 1. The van der Waals surface area contributed by atoms with Crippen LogP contribution < -0.4 is 4.74 Å². The van der Waals surface area contributed by atoms with Gasteiger partial charge in [0.1, 0.15) is 11.6 Å². The molecule has 2 heterocycles. The second-order valence-electron chi connectivity index (χ2n) is 8.52. The van der Waals surface area contributed by atoms with Crippen LogP contribution in [0, 0.1) is 5.82 Å². The lowest BCUT2D eigenvalue weighted by Gasteiger charge is -2.32. The van der Waals surface area contributed by atoms with E-state index in [2.05, 4.69) is 14.2 Å². The molecule has 1 fully saturated rings. The van der Waals surface area contributed by atoms with Gasteiger partial charge >= 0.3 is 0 Å². The van der Waals surface area contributed by atoms with Crippen molar-refractivity contribution in [3.05, 3.63) is 66.1 Å². The molecular weight excluding hydrogens is 487 g/mol. The molecule has 1 saturated heterocycles. The molecule has 1 unspecified atom stereocenters. The number of nitrogens with zero attached hydrogens (tertiary/aromatic N) is 4. The molecule has 1 aromatic heterocycles. The molecule has 3 aromatic rings. The number of aliphatic hydroxyl groups excluding tert-OH is 1. The third-order valence-corrected chi connectivity index (χ3v) is 6.78. The molecule has 0 aliphatic carbocycles. The van der Waals surface area contributed by atoms with Crippen LogP contribution in [-0.4, -0.2) is 72.3 Å². The Morgan fingerprint density at radius 2 is 2.17 bits per heavy atom. The summed E-state index contributed by atoms with van der Waals surface area (Å²) in [4.78, 5) is 21.1.